The first-order chi connectivity index (χ1) is 13.9. The third kappa shape index (κ3) is 3.83. The first-order valence-corrected chi connectivity index (χ1v) is 10.2. The number of carbonyl (C=O) groups is 4. The molecule has 2 atom stereocenters. The van der Waals surface area contributed by atoms with Gasteiger partial charge in [-0.2, -0.15) is 0 Å². The molecular formula is C21H26N4O4. The van der Waals surface area contributed by atoms with Crippen molar-refractivity contribution in [3.8, 4) is 0 Å². The molecule has 3 fully saturated rings. The van der Waals surface area contributed by atoms with E-state index in [0.29, 0.717) is 17.8 Å². The van der Waals surface area contributed by atoms with E-state index < -0.39 is 17.5 Å². The maximum atomic E-state index is 13.0. The second-order valence-electron chi connectivity index (χ2n) is 8.33. The van der Waals surface area contributed by atoms with Gasteiger partial charge < -0.3 is 16.0 Å². The van der Waals surface area contributed by atoms with Gasteiger partial charge in [0.1, 0.15) is 12.1 Å². The van der Waals surface area contributed by atoms with Gasteiger partial charge in [0.25, 0.3) is 5.91 Å². The summed E-state index contributed by atoms with van der Waals surface area (Å²) < 4.78 is 0. The maximum Gasteiger partial charge on any atom is 0.325 e. The summed E-state index contributed by atoms with van der Waals surface area (Å²) in [4.78, 5) is 50.8. The lowest BCUT2D eigenvalue weighted by atomic mass is 9.73. The molecule has 1 aromatic carbocycles. The smallest absolute Gasteiger partial charge is 0.325 e. The van der Waals surface area contributed by atoms with E-state index in [9.17, 15) is 19.2 Å². The molecule has 29 heavy (non-hydrogen) atoms. The topological polar surface area (TPSA) is 108 Å². The van der Waals surface area contributed by atoms with Gasteiger partial charge in [0, 0.05) is 17.3 Å². The molecule has 3 aliphatic rings. The molecule has 8 heteroatoms. The molecule has 1 spiro atoms. The molecule has 2 saturated carbocycles. The van der Waals surface area contributed by atoms with Crippen molar-refractivity contribution < 1.29 is 19.2 Å². The first kappa shape index (κ1) is 19.4. The lowest BCUT2D eigenvalue weighted by Crippen LogP contribution is -2.54. The summed E-state index contributed by atoms with van der Waals surface area (Å²) in [6, 6.07) is 6.33. The summed E-state index contributed by atoms with van der Waals surface area (Å²) in [5.74, 6) is -0.648. The van der Waals surface area contributed by atoms with Gasteiger partial charge in [-0.1, -0.05) is 25.8 Å². The molecule has 1 aromatic rings. The molecule has 0 radical (unpaired) electrons. The minimum atomic E-state index is -0.872. The number of hydrogen-bond acceptors (Lipinski definition) is 4. The zero-order valence-corrected chi connectivity index (χ0v) is 16.5. The quantitative estimate of drug-likeness (QED) is 0.662. The Bertz CT molecular complexity index is 866. The maximum absolute atomic E-state index is 13.0. The Labute approximate surface area is 169 Å². The van der Waals surface area contributed by atoms with Crippen LogP contribution in [0.1, 0.15) is 45.4 Å². The summed E-state index contributed by atoms with van der Waals surface area (Å²) in [7, 11) is 0. The van der Waals surface area contributed by atoms with Crippen molar-refractivity contribution >= 4 is 35.1 Å². The first-order valence-electron chi connectivity index (χ1n) is 10.2. The summed E-state index contributed by atoms with van der Waals surface area (Å²) in [6.45, 7) is 1.64. The average molecular weight is 398 g/mol. The van der Waals surface area contributed by atoms with Crippen molar-refractivity contribution in [2.75, 3.05) is 17.2 Å². The molecule has 5 amide bonds. The van der Waals surface area contributed by atoms with Crippen LogP contribution in [0.25, 0.3) is 0 Å². The van der Waals surface area contributed by atoms with Crippen LogP contribution < -0.4 is 16.0 Å². The van der Waals surface area contributed by atoms with Crippen LogP contribution in [-0.4, -0.2) is 40.7 Å². The van der Waals surface area contributed by atoms with Gasteiger partial charge in [-0.05, 0) is 49.8 Å². The van der Waals surface area contributed by atoms with Gasteiger partial charge in [0.05, 0.1) is 0 Å². The van der Waals surface area contributed by atoms with Crippen molar-refractivity contribution in [2.24, 2.45) is 11.8 Å². The summed E-state index contributed by atoms with van der Waals surface area (Å²) in [5, 5.41) is 8.38. The normalized spacial score (nSPS) is 26.4. The number of rotatable bonds is 5. The number of nitrogens with one attached hydrogen (secondary N) is 3. The Morgan fingerprint density at radius 1 is 1.14 bits per heavy atom. The predicted molar refractivity (Wildman–Crippen MR) is 107 cm³/mol. The molecule has 2 aliphatic carbocycles. The lowest BCUT2D eigenvalue weighted by Gasteiger charge is -2.36. The van der Waals surface area contributed by atoms with Crippen molar-refractivity contribution in [1.29, 1.82) is 0 Å². The summed E-state index contributed by atoms with van der Waals surface area (Å²) in [5.41, 5.74) is 0.226. The van der Waals surface area contributed by atoms with E-state index in [2.05, 4.69) is 16.0 Å². The molecule has 1 aliphatic heterocycles. The Balaban J connectivity index is 1.39. The van der Waals surface area contributed by atoms with Gasteiger partial charge in [0.2, 0.25) is 11.8 Å². The standard InChI is InChI=1S/C21H26N4O4/c1-13-5-2-3-10-21(13)19(28)25(20(29)24-21)12-17(26)22-15-6-4-7-16(11-15)23-18(27)14-8-9-14/h4,6-7,11,13-14H,2-3,5,8-10,12H2,1H3,(H,22,26)(H,23,27)(H,24,29). The van der Waals surface area contributed by atoms with E-state index in [1.165, 1.54) is 0 Å². The number of nitrogens with zero attached hydrogens (tertiary/aromatic N) is 1. The van der Waals surface area contributed by atoms with Gasteiger partial charge in [-0.25, -0.2) is 4.79 Å². The minimum Gasteiger partial charge on any atom is -0.326 e. The van der Waals surface area contributed by atoms with Crippen LogP contribution in [0.4, 0.5) is 16.2 Å². The highest BCUT2D eigenvalue weighted by atomic mass is 16.2. The summed E-state index contributed by atoms with van der Waals surface area (Å²) in [6.07, 6.45) is 5.24. The SMILES string of the molecule is CC1CCCCC12NC(=O)N(CC(=O)Nc1cccc(NC(=O)C3CC3)c1)C2=O. The number of anilines is 2. The van der Waals surface area contributed by atoms with Crippen molar-refractivity contribution in [3.05, 3.63) is 24.3 Å². The Morgan fingerprint density at radius 2 is 1.86 bits per heavy atom. The zero-order valence-electron chi connectivity index (χ0n) is 16.5. The Morgan fingerprint density at radius 3 is 2.55 bits per heavy atom. The highest BCUT2D eigenvalue weighted by Crippen LogP contribution is 2.38. The Hall–Kier alpha value is -2.90. The van der Waals surface area contributed by atoms with E-state index in [1.807, 2.05) is 6.92 Å². The van der Waals surface area contributed by atoms with Gasteiger partial charge in [-0.15, -0.1) is 0 Å². The Kier molecular flexibility index (Phi) is 5.02. The molecule has 1 saturated heterocycles. The van der Waals surface area contributed by atoms with Crippen LogP contribution in [0.15, 0.2) is 24.3 Å². The fourth-order valence-corrected chi connectivity index (χ4v) is 4.25. The van der Waals surface area contributed by atoms with E-state index in [0.717, 1.165) is 37.0 Å². The molecule has 1 heterocycles. The molecule has 0 aromatic heterocycles. The van der Waals surface area contributed by atoms with Crippen molar-refractivity contribution in [1.82, 2.24) is 10.2 Å². The number of hydrogen-bond donors (Lipinski definition) is 3. The highest BCUT2D eigenvalue weighted by Gasteiger charge is 2.55. The van der Waals surface area contributed by atoms with E-state index in [1.54, 1.807) is 24.3 Å². The van der Waals surface area contributed by atoms with E-state index in [4.69, 9.17) is 0 Å². The highest BCUT2D eigenvalue weighted by molar-refractivity contribution is 6.10. The average Bonchev–Trinajstić information content (AvgIpc) is 3.50. The largest absolute Gasteiger partial charge is 0.326 e. The van der Waals surface area contributed by atoms with Crippen molar-refractivity contribution in [3.63, 3.8) is 0 Å². The van der Waals surface area contributed by atoms with E-state index >= 15 is 0 Å². The third-order valence-corrected chi connectivity index (χ3v) is 6.17. The van der Waals surface area contributed by atoms with Gasteiger partial charge in [0.15, 0.2) is 0 Å². The molecule has 2 unspecified atom stereocenters. The van der Waals surface area contributed by atoms with Crippen LogP contribution in [0.2, 0.25) is 0 Å². The van der Waals surface area contributed by atoms with Crippen LogP contribution in [0, 0.1) is 11.8 Å². The monoisotopic (exact) mass is 398 g/mol. The number of amides is 5. The molecule has 154 valence electrons. The lowest BCUT2D eigenvalue weighted by molar-refractivity contribution is -0.136. The summed E-state index contributed by atoms with van der Waals surface area (Å²) >= 11 is 0. The number of carbonyl (C=O) groups excluding carboxylic acids is 4. The molecular weight excluding hydrogens is 372 g/mol. The predicted octanol–water partition coefficient (Wildman–Crippen LogP) is 2.47. The van der Waals surface area contributed by atoms with Gasteiger partial charge in [-0.3, -0.25) is 19.3 Å². The molecule has 3 N–H and O–H groups in total. The van der Waals surface area contributed by atoms with Gasteiger partial charge >= 0.3 is 6.03 Å². The van der Waals surface area contributed by atoms with Crippen LogP contribution in [0.5, 0.6) is 0 Å². The zero-order chi connectivity index (χ0) is 20.6. The minimum absolute atomic E-state index is 0.0142. The fourth-order valence-electron chi connectivity index (χ4n) is 4.25. The van der Waals surface area contributed by atoms with Crippen LogP contribution in [0.3, 0.4) is 0 Å². The second kappa shape index (κ2) is 7.50. The van der Waals surface area contributed by atoms with Crippen molar-refractivity contribution in [2.45, 2.75) is 51.0 Å². The van der Waals surface area contributed by atoms with Crippen LogP contribution >= 0.6 is 0 Å². The number of benzene rings is 1. The number of urea groups is 1. The second-order valence-corrected chi connectivity index (χ2v) is 8.33. The van der Waals surface area contributed by atoms with E-state index in [-0.39, 0.29) is 30.2 Å². The van der Waals surface area contributed by atoms with Crippen LogP contribution in [-0.2, 0) is 14.4 Å². The molecule has 4 rings (SSSR count). The number of imide groups is 1. The fraction of sp³-hybridized carbons (Fsp3) is 0.524. The molecule has 8 nitrogen and oxygen atoms in total. The molecule has 0 bridgehead atoms. The third-order valence-electron chi connectivity index (χ3n) is 6.17.